The maximum Gasteiger partial charge on any atom is 0.307 e. The van der Waals surface area contributed by atoms with E-state index in [-0.39, 0.29) is 22.9 Å². The first-order valence-electron chi connectivity index (χ1n) is 5.53. The molecule has 0 aliphatic carbocycles. The fraction of sp³-hybridized carbons (Fsp3) is 0.308. The lowest BCUT2D eigenvalue weighted by Gasteiger charge is -2.05. The van der Waals surface area contributed by atoms with E-state index in [2.05, 4.69) is 0 Å². The van der Waals surface area contributed by atoms with Gasteiger partial charge in [-0.2, -0.15) is 0 Å². The number of ketones is 2. The molecule has 1 aromatic carbocycles. The Balaban J connectivity index is 2.61. The highest BCUT2D eigenvalue weighted by atomic mass is 32.1. The Hall–Kier alpha value is -1.75. The molecule has 0 aliphatic rings. The number of benzene rings is 1. The summed E-state index contributed by atoms with van der Waals surface area (Å²) in [5.41, 5.74) is 2.06. The number of carbonyl (C=O) groups excluding carboxylic acids is 2. The van der Waals surface area contributed by atoms with Gasteiger partial charge in [-0.25, -0.2) is 0 Å². The molecule has 0 unspecified atom stereocenters. The third-order valence-electron chi connectivity index (χ3n) is 2.85. The largest absolute Gasteiger partial charge is 0.307 e. The molecule has 0 amide bonds. The second-order valence-electron chi connectivity index (χ2n) is 4.36. The molecule has 2 aromatic rings. The van der Waals surface area contributed by atoms with E-state index in [0.717, 1.165) is 27.1 Å². The lowest BCUT2D eigenvalue weighted by Crippen LogP contribution is -2.09. The first-order valence-corrected chi connectivity index (χ1v) is 6.34. The van der Waals surface area contributed by atoms with Crippen molar-refractivity contribution in [2.24, 2.45) is 7.05 Å². The Labute approximate surface area is 108 Å². The predicted octanol–water partition coefficient (Wildman–Crippen LogP) is 2.07. The second-order valence-corrected chi connectivity index (χ2v) is 5.36. The molecule has 5 heteroatoms. The van der Waals surface area contributed by atoms with Crippen molar-refractivity contribution in [2.45, 2.75) is 20.3 Å². The minimum absolute atomic E-state index is 0.0550. The normalized spacial score (nSPS) is 10.8. The van der Waals surface area contributed by atoms with Gasteiger partial charge >= 0.3 is 4.87 Å². The van der Waals surface area contributed by atoms with E-state index in [1.54, 1.807) is 13.1 Å². The van der Waals surface area contributed by atoms with Crippen LogP contribution in [0.5, 0.6) is 0 Å². The van der Waals surface area contributed by atoms with Crippen LogP contribution in [0.4, 0.5) is 0 Å². The number of carbonyl (C=O) groups is 2. The molecule has 0 atom stereocenters. The van der Waals surface area contributed by atoms with Crippen molar-refractivity contribution < 1.29 is 9.59 Å². The number of aryl methyl sites for hydroxylation is 2. The minimum atomic E-state index is -0.194. The van der Waals surface area contributed by atoms with Crippen LogP contribution < -0.4 is 4.87 Å². The van der Waals surface area contributed by atoms with Crippen LogP contribution in [0.3, 0.4) is 0 Å². The van der Waals surface area contributed by atoms with Crippen molar-refractivity contribution in [3.63, 3.8) is 0 Å². The number of Topliss-reactive ketones (excluding diaryl/α,β-unsaturated/α-hetero) is 2. The van der Waals surface area contributed by atoms with Crippen molar-refractivity contribution in [2.75, 3.05) is 0 Å². The van der Waals surface area contributed by atoms with Gasteiger partial charge in [0.2, 0.25) is 0 Å². The van der Waals surface area contributed by atoms with Gasteiger partial charge in [0.1, 0.15) is 5.78 Å². The molecule has 2 rings (SSSR count). The number of aromatic nitrogens is 1. The quantitative estimate of drug-likeness (QED) is 0.629. The van der Waals surface area contributed by atoms with Gasteiger partial charge in [-0.1, -0.05) is 11.3 Å². The molecule has 1 heterocycles. The van der Waals surface area contributed by atoms with Gasteiger partial charge in [-0.05, 0) is 31.5 Å². The van der Waals surface area contributed by atoms with Gasteiger partial charge < -0.3 is 4.57 Å². The van der Waals surface area contributed by atoms with E-state index < -0.39 is 0 Å². The van der Waals surface area contributed by atoms with Gasteiger partial charge in [-0.15, -0.1) is 0 Å². The fourth-order valence-corrected chi connectivity index (χ4v) is 2.86. The molecule has 4 nitrogen and oxygen atoms in total. The minimum Gasteiger partial charge on any atom is -0.302 e. The average Bonchev–Trinajstić information content (AvgIpc) is 2.52. The van der Waals surface area contributed by atoms with Crippen molar-refractivity contribution in [3.05, 3.63) is 32.9 Å². The zero-order valence-corrected chi connectivity index (χ0v) is 11.3. The van der Waals surface area contributed by atoms with Crippen LogP contribution in [-0.4, -0.2) is 16.1 Å². The Kier molecular flexibility index (Phi) is 3.17. The summed E-state index contributed by atoms with van der Waals surface area (Å²) in [7, 11) is 1.68. The van der Waals surface area contributed by atoms with E-state index in [1.165, 1.54) is 11.5 Å². The Morgan fingerprint density at radius 2 is 2.00 bits per heavy atom. The van der Waals surface area contributed by atoms with Crippen LogP contribution in [0.1, 0.15) is 29.3 Å². The number of rotatable bonds is 3. The van der Waals surface area contributed by atoms with Gasteiger partial charge in [0, 0.05) is 12.6 Å². The standard InChI is InChI=1S/C13H13NO3S/c1-7-4-12-10(14(3)13(17)18-12)6-9(7)11(16)5-8(2)15/h4,6H,5H2,1-3H3. The van der Waals surface area contributed by atoms with E-state index in [4.69, 9.17) is 0 Å². The molecule has 0 radical (unpaired) electrons. The monoisotopic (exact) mass is 263 g/mol. The Bertz CT molecular complexity index is 709. The van der Waals surface area contributed by atoms with Crippen molar-refractivity contribution >= 4 is 33.1 Å². The van der Waals surface area contributed by atoms with Crippen LogP contribution in [0.15, 0.2) is 16.9 Å². The summed E-state index contributed by atoms with van der Waals surface area (Å²) in [5.74, 6) is -0.348. The number of hydrogen-bond acceptors (Lipinski definition) is 4. The lowest BCUT2D eigenvalue weighted by molar-refractivity contribution is -0.116. The Morgan fingerprint density at radius 1 is 1.33 bits per heavy atom. The molecular formula is C13H13NO3S. The summed E-state index contributed by atoms with van der Waals surface area (Å²) < 4.78 is 2.38. The van der Waals surface area contributed by atoms with E-state index in [0.29, 0.717) is 5.56 Å². The zero-order valence-electron chi connectivity index (χ0n) is 10.4. The predicted molar refractivity (Wildman–Crippen MR) is 71.4 cm³/mol. The second kappa shape index (κ2) is 4.49. The smallest absolute Gasteiger partial charge is 0.302 e. The summed E-state index contributed by atoms with van der Waals surface area (Å²) in [6.07, 6.45) is -0.0928. The number of nitrogens with zero attached hydrogens (tertiary/aromatic N) is 1. The van der Waals surface area contributed by atoms with Crippen LogP contribution in [0, 0.1) is 6.92 Å². The Morgan fingerprint density at radius 3 is 2.61 bits per heavy atom. The van der Waals surface area contributed by atoms with E-state index in [9.17, 15) is 14.4 Å². The van der Waals surface area contributed by atoms with Crippen molar-refractivity contribution in [1.82, 2.24) is 4.57 Å². The summed E-state index contributed by atoms with van der Waals surface area (Å²) in [4.78, 5) is 34.4. The van der Waals surface area contributed by atoms with Crippen LogP contribution >= 0.6 is 11.3 Å². The summed E-state index contributed by atoms with van der Waals surface area (Å²) >= 11 is 1.16. The third-order valence-corrected chi connectivity index (χ3v) is 3.84. The number of fused-ring (bicyclic) bond motifs is 1. The number of thiazole rings is 1. The van der Waals surface area contributed by atoms with Gasteiger partial charge in [-0.3, -0.25) is 14.4 Å². The molecule has 94 valence electrons. The van der Waals surface area contributed by atoms with Gasteiger partial charge in [0.15, 0.2) is 5.78 Å². The van der Waals surface area contributed by atoms with Gasteiger partial charge in [0.25, 0.3) is 0 Å². The van der Waals surface area contributed by atoms with Crippen LogP contribution in [0.25, 0.3) is 10.2 Å². The first-order chi connectivity index (χ1) is 8.40. The molecule has 0 saturated carbocycles. The average molecular weight is 263 g/mol. The van der Waals surface area contributed by atoms with E-state index >= 15 is 0 Å². The molecule has 0 bridgehead atoms. The zero-order chi connectivity index (χ0) is 13.4. The highest BCUT2D eigenvalue weighted by Gasteiger charge is 2.14. The maximum atomic E-state index is 11.9. The van der Waals surface area contributed by atoms with Crippen molar-refractivity contribution in [1.29, 1.82) is 0 Å². The molecular weight excluding hydrogens is 250 g/mol. The number of hydrogen-bond donors (Lipinski definition) is 0. The highest BCUT2D eigenvalue weighted by Crippen LogP contribution is 2.22. The summed E-state index contributed by atoms with van der Waals surface area (Å²) in [6, 6.07) is 3.53. The maximum absolute atomic E-state index is 11.9. The molecule has 0 aliphatic heterocycles. The highest BCUT2D eigenvalue weighted by molar-refractivity contribution is 7.16. The third kappa shape index (κ3) is 2.13. The fourth-order valence-electron chi connectivity index (χ4n) is 1.90. The first kappa shape index (κ1) is 12.7. The molecule has 0 N–H and O–H groups in total. The van der Waals surface area contributed by atoms with Crippen molar-refractivity contribution in [3.8, 4) is 0 Å². The molecule has 0 saturated heterocycles. The lowest BCUT2D eigenvalue weighted by atomic mass is 10.0. The topological polar surface area (TPSA) is 56.1 Å². The van der Waals surface area contributed by atoms with E-state index in [1.807, 2.05) is 13.0 Å². The van der Waals surface area contributed by atoms with Gasteiger partial charge in [0.05, 0.1) is 16.6 Å². The molecule has 18 heavy (non-hydrogen) atoms. The molecule has 0 spiro atoms. The van der Waals surface area contributed by atoms with Crippen LogP contribution in [0.2, 0.25) is 0 Å². The molecule has 1 aromatic heterocycles. The summed E-state index contributed by atoms with van der Waals surface area (Å²) in [5, 5.41) is 0. The summed E-state index contributed by atoms with van der Waals surface area (Å²) in [6.45, 7) is 3.21. The molecule has 0 fully saturated rings. The van der Waals surface area contributed by atoms with Crippen LogP contribution in [-0.2, 0) is 11.8 Å². The SMILES string of the molecule is CC(=O)CC(=O)c1cc2c(cc1C)sc(=O)n2C.